The minimum absolute atomic E-state index is 0.353. The zero-order chi connectivity index (χ0) is 12.3. The molecular formula is C12H12Cl2N2O. The number of benzene rings is 1. The van der Waals surface area contributed by atoms with E-state index < -0.39 is 4.84 Å². The maximum absolute atomic E-state index is 11.1. The number of alkyl halides is 2. The molecule has 0 radical (unpaired) electrons. The first kappa shape index (κ1) is 12.3. The third kappa shape index (κ3) is 3.14. The molecular weight excluding hydrogens is 259 g/mol. The van der Waals surface area contributed by atoms with Crippen molar-refractivity contribution in [2.45, 2.75) is 11.3 Å². The van der Waals surface area contributed by atoms with E-state index in [9.17, 15) is 4.79 Å². The molecule has 0 saturated carbocycles. The summed E-state index contributed by atoms with van der Waals surface area (Å²) in [6.07, 6.45) is 2.66. The summed E-state index contributed by atoms with van der Waals surface area (Å²) in [6.45, 7) is 0.529. The number of hydrogen-bond acceptors (Lipinski definition) is 1. The van der Waals surface area contributed by atoms with E-state index in [4.69, 9.17) is 23.2 Å². The van der Waals surface area contributed by atoms with Crippen LogP contribution in [0.2, 0.25) is 0 Å². The zero-order valence-electron chi connectivity index (χ0n) is 9.04. The fourth-order valence-electron chi connectivity index (χ4n) is 1.66. The quantitative estimate of drug-likeness (QED) is 0.825. The second-order valence-electron chi connectivity index (χ2n) is 3.74. The lowest BCUT2D eigenvalue weighted by molar-refractivity contribution is -0.119. The van der Waals surface area contributed by atoms with Crippen molar-refractivity contribution in [1.29, 1.82) is 0 Å². The van der Waals surface area contributed by atoms with Crippen molar-refractivity contribution in [3.05, 3.63) is 36.0 Å². The van der Waals surface area contributed by atoms with Gasteiger partial charge in [0.05, 0.1) is 0 Å². The number of aromatic amines is 1. The van der Waals surface area contributed by atoms with Crippen molar-refractivity contribution in [3.8, 4) is 0 Å². The normalized spacial score (nSPS) is 11.0. The van der Waals surface area contributed by atoms with Crippen molar-refractivity contribution in [3.63, 3.8) is 0 Å². The highest BCUT2D eigenvalue weighted by Crippen LogP contribution is 2.14. The van der Waals surface area contributed by atoms with Gasteiger partial charge in [-0.1, -0.05) is 35.3 Å². The molecule has 3 nitrogen and oxygen atoms in total. The van der Waals surface area contributed by atoms with E-state index in [0.29, 0.717) is 6.54 Å². The van der Waals surface area contributed by atoms with Crippen molar-refractivity contribution < 1.29 is 4.79 Å². The molecule has 0 aliphatic carbocycles. The van der Waals surface area contributed by atoms with Crippen LogP contribution in [0.15, 0.2) is 30.5 Å². The molecule has 1 heterocycles. The lowest BCUT2D eigenvalue weighted by Gasteiger charge is -2.05. The van der Waals surface area contributed by atoms with E-state index >= 15 is 0 Å². The van der Waals surface area contributed by atoms with E-state index in [2.05, 4.69) is 22.4 Å². The van der Waals surface area contributed by atoms with Crippen LogP contribution >= 0.6 is 23.2 Å². The average molecular weight is 271 g/mol. The third-order valence-electron chi connectivity index (χ3n) is 2.53. The molecule has 0 fully saturated rings. The Labute approximate surface area is 109 Å². The summed E-state index contributed by atoms with van der Waals surface area (Å²) in [4.78, 5) is 13.3. The van der Waals surface area contributed by atoms with Gasteiger partial charge >= 0.3 is 0 Å². The highest BCUT2D eigenvalue weighted by atomic mass is 35.5. The number of carbonyl (C=O) groups excluding carboxylic acids is 1. The summed E-state index contributed by atoms with van der Waals surface area (Å²) in [7, 11) is 0. The number of aromatic nitrogens is 1. The van der Waals surface area contributed by atoms with Crippen molar-refractivity contribution in [1.82, 2.24) is 10.3 Å². The van der Waals surface area contributed by atoms with Crippen molar-refractivity contribution in [2.24, 2.45) is 0 Å². The third-order valence-corrected chi connectivity index (χ3v) is 2.93. The molecule has 90 valence electrons. The summed E-state index contributed by atoms with van der Waals surface area (Å²) < 4.78 is 0. The largest absolute Gasteiger partial charge is 0.361 e. The Balaban J connectivity index is 1.92. The van der Waals surface area contributed by atoms with E-state index in [0.717, 1.165) is 17.5 Å². The maximum Gasteiger partial charge on any atom is 0.253 e. The maximum atomic E-state index is 11.1. The van der Waals surface area contributed by atoms with Crippen LogP contribution in [-0.4, -0.2) is 22.3 Å². The number of carbonyl (C=O) groups is 1. The number of halogens is 2. The second kappa shape index (κ2) is 5.43. The van der Waals surface area contributed by atoms with Crippen LogP contribution in [0.5, 0.6) is 0 Å². The predicted octanol–water partition coefficient (Wildman–Crippen LogP) is 2.63. The van der Waals surface area contributed by atoms with Gasteiger partial charge in [0, 0.05) is 18.3 Å². The van der Waals surface area contributed by atoms with E-state index in [-0.39, 0.29) is 5.91 Å². The lowest BCUT2D eigenvalue weighted by atomic mass is 10.1. The molecule has 1 aromatic carbocycles. The highest BCUT2D eigenvalue weighted by Gasteiger charge is 2.09. The van der Waals surface area contributed by atoms with Gasteiger partial charge in [-0.25, -0.2) is 0 Å². The Morgan fingerprint density at radius 1 is 1.35 bits per heavy atom. The number of fused-ring (bicyclic) bond motifs is 1. The van der Waals surface area contributed by atoms with Crippen molar-refractivity contribution in [2.75, 3.05) is 6.54 Å². The molecule has 17 heavy (non-hydrogen) atoms. The molecule has 0 atom stereocenters. The van der Waals surface area contributed by atoms with Gasteiger partial charge in [0.25, 0.3) is 5.91 Å². The first-order valence-electron chi connectivity index (χ1n) is 5.29. The van der Waals surface area contributed by atoms with E-state index in [1.165, 1.54) is 5.39 Å². The smallest absolute Gasteiger partial charge is 0.253 e. The van der Waals surface area contributed by atoms with Crippen LogP contribution in [0.4, 0.5) is 0 Å². The molecule has 0 aliphatic heterocycles. The minimum atomic E-state index is -0.999. The molecule has 0 spiro atoms. The summed E-state index contributed by atoms with van der Waals surface area (Å²) in [5, 5.41) is 3.84. The van der Waals surface area contributed by atoms with Gasteiger partial charge in [-0.3, -0.25) is 4.79 Å². The first-order valence-corrected chi connectivity index (χ1v) is 6.16. The van der Waals surface area contributed by atoms with Crippen LogP contribution < -0.4 is 5.32 Å². The molecule has 0 saturated heterocycles. The van der Waals surface area contributed by atoms with Crippen LogP contribution in [0.25, 0.3) is 10.9 Å². The minimum Gasteiger partial charge on any atom is -0.361 e. The van der Waals surface area contributed by atoms with Gasteiger partial charge in [-0.05, 0) is 29.5 Å². The SMILES string of the molecule is O=C(NCCc1ccc2cc[nH]c2c1)C(Cl)Cl. The van der Waals surface area contributed by atoms with Gasteiger partial charge in [0.2, 0.25) is 0 Å². The summed E-state index contributed by atoms with van der Waals surface area (Å²) in [5.41, 5.74) is 2.25. The number of amides is 1. The fraction of sp³-hybridized carbons (Fsp3) is 0.250. The van der Waals surface area contributed by atoms with Crippen molar-refractivity contribution >= 4 is 40.0 Å². The number of H-pyrrole nitrogens is 1. The van der Waals surface area contributed by atoms with Gasteiger partial charge in [0.15, 0.2) is 4.84 Å². The summed E-state index contributed by atoms with van der Waals surface area (Å²) in [5.74, 6) is -0.353. The molecule has 1 aromatic heterocycles. The van der Waals surface area contributed by atoms with E-state index in [1.54, 1.807) is 0 Å². The molecule has 0 bridgehead atoms. The van der Waals surface area contributed by atoms with Gasteiger partial charge in [-0.15, -0.1) is 0 Å². The molecule has 0 unspecified atom stereocenters. The molecule has 1 amide bonds. The fourth-order valence-corrected chi connectivity index (χ4v) is 1.81. The standard InChI is InChI=1S/C12H12Cl2N2O/c13-11(14)12(17)16-5-3-8-1-2-9-4-6-15-10(9)7-8/h1-2,4,6-7,11,15H,3,5H2,(H,16,17). The topological polar surface area (TPSA) is 44.9 Å². The Bertz CT molecular complexity index is 522. The monoisotopic (exact) mass is 270 g/mol. The summed E-state index contributed by atoms with van der Waals surface area (Å²) >= 11 is 10.8. The Morgan fingerprint density at radius 2 is 2.18 bits per heavy atom. The van der Waals surface area contributed by atoms with E-state index in [1.807, 2.05) is 18.3 Å². The van der Waals surface area contributed by atoms with Gasteiger partial charge < -0.3 is 10.3 Å². The highest BCUT2D eigenvalue weighted by molar-refractivity contribution is 6.53. The Kier molecular flexibility index (Phi) is 3.92. The molecule has 5 heteroatoms. The van der Waals surface area contributed by atoms with Crippen LogP contribution in [0.1, 0.15) is 5.56 Å². The average Bonchev–Trinajstić information content (AvgIpc) is 2.75. The Morgan fingerprint density at radius 3 is 2.94 bits per heavy atom. The molecule has 2 N–H and O–H groups in total. The lowest BCUT2D eigenvalue weighted by Crippen LogP contribution is -2.30. The zero-order valence-corrected chi connectivity index (χ0v) is 10.6. The van der Waals surface area contributed by atoms with Gasteiger partial charge in [0.1, 0.15) is 0 Å². The number of rotatable bonds is 4. The van der Waals surface area contributed by atoms with Crippen LogP contribution in [-0.2, 0) is 11.2 Å². The Hall–Kier alpha value is -1.19. The molecule has 2 rings (SSSR count). The number of nitrogens with one attached hydrogen (secondary N) is 2. The first-order chi connectivity index (χ1) is 8.16. The van der Waals surface area contributed by atoms with Crippen LogP contribution in [0.3, 0.4) is 0 Å². The van der Waals surface area contributed by atoms with Crippen LogP contribution in [0, 0.1) is 0 Å². The number of hydrogen-bond donors (Lipinski definition) is 2. The molecule has 0 aliphatic rings. The second-order valence-corrected chi connectivity index (χ2v) is 4.84. The molecule has 2 aromatic rings. The van der Waals surface area contributed by atoms with Gasteiger partial charge in [-0.2, -0.15) is 0 Å². The predicted molar refractivity (Wildman–Crippen MR) is 70.5 cm³/mol. The summed E-state index contributed by atoms with van der Waals surface area (Å²) in [6, 6.07) is 8.18.